The summed E-state index contributed by atoms with van der Waals surface area (Å²) in [7, 11) is 0. The Balaban J connectivity index is 3.45. The highest BCUT2D eigenvalue weighted by molar-refractivity contribution is 5.76. The quantitative estimate of drug-likeness (QED) is 0.206. The minimum Gasteiger partial charge on any atom is -0.369 e. The molecule has 0 heterocycles. The van der Waals surface area contributed by atoms with Gasteiger partial charge in [-0.3, -0.25) is 4.79 Å². The Morgan fingerprint density at radius 1 is 0.643 bits per heavy atom. The summed E-state index contributed by atoms with van der Waals surface area (Å²) in [6.45, 7) is 9.14. The lowest BCUT2D eigenvalue weighted by atomic mass is 9.87. The summed E-state index contributed by atoms with van der Waals surface area (Å²) in [5, 5.41) is 0. The van der Waals surface area contributed by atoms with Gasteiger partial charge in [-0.15, -0.1) is 0 Å². The Bertz CT molecular complexity index is 345. The van der Waals surface area contributed by atoms with Crippen LogP contribution in [0.4, 0.5) is 0 Å². The van der Waals surface area contributed by atoms with Crippen LogP contribution in [0.1, 0.15) is 150 Å². The lowest BCUT2D eigenvalue weighted by Crippen LogP contribution is -2.23. The molecular weight excluding hydrogens is 342 g/mol. The molecule has 0 saturated heterocycles. The van der Waals surface area contributed by atoms with Crippen molar-refractivity contribution in [3.8, 4) is 0 Å². The van der Waals surface area contributed by atoms with Crippen molar-refractivity contribution >= 4 is 5.91 Å². The Morgan fingerprint density at radius 3 is 1.36 bits per heavy atom. The molecule has 2 heteroatoms. The van der Waals surface area contributed by atoms with Gasteiger partial charge in [-0.25, -0.2) is 0 Å². The van der Waals surface area contributed by atoms with Crippen LogP contribution in [0.3, 0.4) is 0 Å². The van der Waals surface area contributed by atoms with Gasteiger partial charge in [-0.05, 0) is 24.7 Å². The standard InChI is InChI=1S/C26H53NO/c1-5-6-7-8-9-10-11-12-13-14-15-16-17-18-21-24(25(27)28)22-19-20-23-26(2,3)4/h24H,5-23H2,1-4H3,(H2,27,28). The first-order valence-corrected chi connectivity index (χ1v) is 12.7. The summed E-state index contributed by atoms with van der Waals surface area (Å²) in [5.74, 6) is 0.0303. The van der Waals surface area contributed by atoms with E-state index in [1.165, 1.54) is 103 Å². The lowest BCUT2D eigenvalue weighted by molar-refractivity contribution is -0.122. The van der Waals surface area contributed by atoms with Crippen LogP contribution in [-0.4, -0.2) is 5.91 Å². The van der Waals surface area contributed by atoms with Crippen LogP contribution < -0.4 is 5.73 Å². The number of primary amides is 1. The zero-order chi connectivity index (χ0) is 21.1. The molecule has 0 bridgehead atoms. The van der Waals surface area contributed by atoms with E-state index in [1.54, 1.807) is 0 Å². The summed E-state index contributed by atoms with van der Waals surface area (Å²) in [5.41, 5.74) is 6.02. The van der Waals surface area contributed by atoms with Gasteiger partial charge in [0.15, 0.2) is 0 Å². The van der Waals surface area contributed by atoms with Crippen molar-refractivity contribution < 1.29 is 4.79 Å². The second kappa shape index (κ2) is 18.5. The van der Waals surface area contributed by atoms with E-state index < -0.39 is 0 Å². The van der Waals surface area contributed by atoms with Crippen LogP contribution in [0.2, 0.25) is 0 Å². The summed E-state index contributed by atoms with van der Waals surface area (Å²) in [6.07, 6.45) is 24.9. The molecular formula is C26H53NO. The van der Waals surface area contributed by atoms with E-state index >= 15 is 0 Å². The third-order valence-electron chi connectivity index (χ3n) is 6.04. The van der Waals surface area contributed by atoms with E-state index in [1.807, 2.05) is 0 Å². The van der Waals surface area contributed by atoms with Gasteiger partial charge in [0.25, 0.3) is 0 Å². The van der Waals surface area contributed by atoms with E-state index in [-0.39, 0.29) is 11.8 Å². The van der Waals surface area contributed by atoms with E-state index in [9.17, 15) is 4.79 Å². The number of unbranched alkanes of at least 4 members (excludes halogenated alkanes) is 14. The second-order valence-electron chi connectivity index (χ2n) is 10.3. The monoisotopic (exact) mass is 395 g/mol. The first-order valence-electron chi connectivity index (χ1n) is 12.7. The smallest absolute Gasteiger partial charge is 0.220 e. The van der Waals surface area contributed by atoms with E-state index in [0.29, 0.717) is 5.41 Å². The fourth-order valence-corrected chi connectivity index (χ4v) is 4.06. The van der Waals surface area contributed by atoms with Crippen molar-refractivity contribution in [3.05, 3.63) is 0 Å². The molecule has 0 aliphatic rings. The first-order chi connectivity index (χ1) is 13.4. The summed E-state index contributed by atoms with van der Waals surface area (Å²) >= 11 is 0. The number of hydrogen-bond acceptors (Lipinski definition) is 1. The highest BCUT2D eigenvalue weighted by atomic mass is 16.1. The summed E-state index contributed by atoms with van der Waals surface area (Å²) in [4.78, 5) is 11.7. The maximum Gasteiger partial charge on any atom is 0.220 e. The van der Waals surface area contributed by atoms with Crippen LogP contribution in [0.5, 0.6) is 0 Å². The largest absolute Gasteiger partial charge is 0.369 e. The minimum atomic E-state index is -0.0783. The molecule has 2 N–H and O–H groups in total. The zero-order valence-electron chi connectivity index (χ0n) is 20.0. The molecule has 28 heavy (non-hydrogen) atoms. The van der Waals surface area contributed by atoms with Crippen molar-refractivity contribution in [2.75, 3.05) is 0 Å². The summed E-state index contributed by atoms with van der Waals surface area (Å²) in [6, 6.07) is 0. The molecule has 1 unspecified atom stereocenters. The van der Waals surface area contributed by atoms with E-state index in [4.69, 9.17) is 5.73 Å². The van der Waals surface area contributed by atoms with Gasteiger partial charge in [0.1, 0.15) is 0 Å². The number of carbonyl (C=O) groups is 1. The van der Waals surface area contributed by atoms with Crippen molar-refractivity contribution in [2.24, 2.45) is 17.1 Å². The molecule has 168 valence electrons. The Morgan fingerprint density at radius 2 is 1.00 bits per heavy atom. The van der Waals surface area contributed by atoms with Crippen LogP contribution in [0.25, 0.3) is 0 Å². The van der Waals surface area contributed by atoms with Crippen LogP contribution in [-0.2, 0) is 4.79 Å². The molecule has 0 saturated carbocycles. The highest BCUT2D eigenvalue weighted by Crippen LogP contribution is 2.24. The van der Waals surface area contributed by atoms with Gasteiger partial charge in [0.2, 0.25) is 5.91 Å². The zero-order valence-corrected chi connectivity index (χ0v) is 20.0. The Kier molecular flexibility index (Phi) is 18.1. The Hall–Kier alpha value is -0.530. The molecule has 0 radical (unpaired) electrons. The normalized spacial score (nSPS) is 13.0. The number of nitrogens with two attached hydrogens (primary N) is 1. The fourth-order valence-electron chi connectivity index (χ4n) is 4.06. The number of carbonyl (C=O) groups excluding carboxylic acids is 1. The van der Waals surface area contributed by atoms with Crippen LogP contribution in [0.15, 0.2) is 0 Å². The Labute approximate surface area is 177 Å². The number of amides is 1. The maximum atomic E-state index is 11.7. The second-order valence-corrected chi connectivity index (χ2v) is 10.3. The van der Waals surface area contributed by atoms with Gasteiger partial charge in [0, 0.05) is 5.92 Å². The van der Waals surface area contributed by atoms with Gasteiger partial charge in [-0.1, -0.05) is 130 Å². The van der Waals surface area contributed by atoms with E-state index in [2.05, 4.69) is 27.7 Å². The summed E-state index contributed by atoms with van der Waals surface area (Å²) < 4.78 is 0. The molecule has 1 amide bonds. The van der Waals surface area contributed by atoms with Crippen LogP contribution in [0, 0.1) is 11.3 Å². The first kappa shape index (κ1) is 27.5. The molecule has 1 atom stereocenters. The van der Waals surface area contributed by atoms with Crippen molar-refractivity contribution in [2.45, 2.75) is 150 Å². The molecule has 0 spiro atoms. The molecule has 0 fully saturated rings. The third kappa shape index (κ3) is 20.2. The van der Waals surface area contributed by atoms with Gasteiger partial charge in [0.05, 0.1) is 0 Å². The van der Waals surface area contributed by atoms with E-state index in [0.717, 1.165) is 19.3 Å². The number of hydrogen-bond donors (Lipinski definition) is 1. The maximum absolute atomic E-state index is 11.7. The van der Waals surface area contributed by atoms with Gasteiger partial charge < -0.3 is 5.73 Å². The topological polar surface area (TPSA) is 43.1 Å². The molecule has 0 aromatic heterocycles. The SMILES string of the molecule is CCCCCCCCCCCCCCCCC(CCCCC(C)(C)C)C(N)=O. The molecule has 2 nitrogen and oxygen atoms in total. The van der Waals surface area contributed by atoms with Gasteiger partial charge in [-0.2, -0.15) is 0 Å². The molecule has 0 rings (SSSR count). The number of rotatable bonds is 20. The minimum absolute atomic E-state index is 0.0783. The molecule has 0 aromatic rings. The third-order valence-corrected chi connectivity index (χ3v) is 6.04. The fraction of sp³-hybridized carbons (Fsp3) is 0.962. The highest BCUT2D eigenvalue weighted by Gasteiger charge is 2.15. The van der Waals surface area contributed by atoms with Gasteiger partial charge >= 0.3 is 0 Å². The predicted octanol–water partition coefficient (Wildman–Crippen LogP) is 8.57. The predicted molar refractivity (Wildman–Crippen MR) is 126 cm³/mol. The molecule has 0 aliphatic heterocycles. The van der Waals surface area contributed by atoms with Crippen molar-refractivity contribution in [3.63, 3.8) is 0 Å². The van der Waals surface area contributed by atoms with Crippen molar-refractivity contribution in [1.29, 1.82) is 0 Å². The molecule has 0 aromatic carbocycles. The average molecular weight is 396 g/mol. The average Bonchev–Trinajstić information content (AvgIpc) is 2.62. The van der Waals surface area contributed by atoms with Crippen molar-refractivity contribution in [1.82, 2.24) is 0 Å². The molecule has 0 aliphatic carbocycles. The van der Waals surface area contributed by atoms with Crippen LogP contribution >= 0.6 is 0 Å². The lowest BCUT2D eigenvalue weighted by Gasteiger charge is -2.18.